The van der Waals surface area contributed by atoms with Crippen LogP contribution in [0.25, 0.3) is 0 Å². The van der Waals surface area contributed by atoms with Gasteiger partial charge in [0.1, 0.15) is 0 Å². The Bertz CT molecular complexity index is 303. The van der Waals surface area contributed by atoms with Crippen LogP contribution in [0.5, 0.6) is 0 Å². The number of hydrogen-bond donors (Lipinski definition) is 2. The zero-order chi connectivity index (χ0) is 10.6. The number of aliphatic hydroxyl groups is 1. The fraction of sp³-hybridized carbons (Fsp3) is 0.364. The third-order valence-corrected chi connectivity index (χ3v) is 2.14. The van der Waals surface area contributed by atoms with E-state index in [2.05, 4.69) is 0 Å². The van der Waals surface area contributed by atoms with Gasteiger partial charge in [-0.05, 0) is 17.5 Å². The zero-order valence-corrected chi connectivity index (χ0v) is 8.10. The molecule has 1 rings (SSSR count). The summed E-state index contributed by atoms with van der Waals surface area (Å²) in [5.74, 6) is -0.989. The van der Waals surface area contributed by atoms with E-state index in [9.17, 15) is 9.90 Å². The number of aliphatic carboxylic acids is 1. The zero-order valence-electron chi connectivity index (χ0n) is 8.10. The molecule has 0 amide bonds. The van der Waals surface area contributed by atoms with Crippen molar-refractivity contribution in [3.8, 4) is 0 Å². The average molecular weight is 194 g/mol. The molecule has 0 saturated heterocycles. The molecule has 1 aromatic rings. The third kappa shape index (κ3) is 2.85. The summed E-state index contributed by atoms with van der Waals surface area (Å²) < 4.78 is 0. The molecule has 0 bridgehead atoms. The van der Waals surface area contributed by atoms with E-state index in [1.165, 1.54) is 5.56 Å². The van der Waals surface area contributed by atoms with Gasteiger partial charge in [0.2, 0.25) is 0 Å². The quantitative estimate of drug-likeness (QED) is 0.767. The van der Waals surface area contributed by atoms with Gasteiger partial charge in [0.15, 0.2) is 0 Å². The number of carbonyl (C=O) groups is 1. The summed E-state index contributed by atoms with van der Waals surface area (Å²) in [6.07, 6.45) is -0.209. The summed E-state index contributed by atoms with van der Waals surface area (Å²) in [5, 5.41) is 18.0. The van der Waals surface area contributed by atoms with Crippen LogP contribution in [0, 0.1) is 0 Å². The molecule has 0 aliphatic heterocycles. The number of aryl methyl sites for hydroxylation is 1. The standard InChI is InChI=1S/C11H14O3/c1-2-8-3-5-9(6-4-8)10(12)7-11(13)14/h3-6,10,12H,2,7H2,1H3,(H,13,14)/t10-/m1/s1. The lowest BCUT2D eigenvalue weighted by molar-refractivity contribution is -0.139. The predicted octanol–water partition coefficient (Wildman–Crippen LogP) is 1.76. The number of benzene rings is 1. The number of aliphatic hydroxyl groups excluding tert-OH is 1. The van der Waals surface area contributed by atoms with Crippen LogP contribution >= 0.6 is 0 Å². The molecule has 2 N–H and O–H groups in total. The molecular weight excluding hydrogens is 180 g/mol. The molecule has 0 heterocycles. The van der Waals surface area contributed by atoms with E-state index in [1.54, 1.807) is 12.1 Å². The maximum absolute atomic E-state index is 10.3. The smallest absolute Gasteiger partial charge is 0.306 e. The van der Waals surface area contributed by atoms with Crippen LogP contribution in [0.4, 0.5) is 0 Å². The van der Waals surface area contributed by atoms with Gasteiger partial charge >= 0.3 is 5.97 Å². The third-order valence-electron chi connectivity index (χ3n) is 2.14. The SMILES string of the molecule is CCc1ccc([C@H](O)CC(=O)O)cc1. The van der Waals surface area contributed by atoms with E-state index < -0.39 is 12.1 Å². The van der Waals surface area contributed by atoms with Gasteiger partial charge in [0.05, 0.1) is 12.5 Å². The van der Waals surface area contributed by atoms with Crippen LogP contribution < -0.4 is 0 Å². The molecule has 0 aliphatic rings. The minimum atomic E-state index is -0.989. The molecule has 0 saturated carbocycles. The fourth-order valence-corrected chi connectivity index (χ4v) is 1.26. The van der Waals surface area contributed by atoms with Crippen molar-refractivity contribution in [2.24, 2.45) is 0 Å². The first-order valence-corrected chi connectivity index (χ1v) is 4.62. The van der Waals surface area contributed by atoms with Crippen LogP contribution in [0.1, 0.15) is 30.6 Å². The Morgan fingerprint density at radius 3 is 2.36 bits per heavy atom. The molecule has 0 unspecified atom stereocenters. The maximum Gasteiger partial charge on any atom is 0.306 e. The van der Waals surface area contributed by atoms with Gasteiger partial charge < -0.3 is 10.2 Å². The van der Waals surface area contributed by atoms with Crippen LogP contribution in [0.3, 0.4) is 0 Å². The molecule has 1 aromatic carbocycles. The molecule has 76 valence electrons. The van der Waals surface area contributed by atoms with Crippen molar-refractivity contribution in [3.63, 3.8) is 0 Å². The van der Waals surface area contributed by atoms with E-state index in [-0.39, 0.29) is 6.42 Å². The Kier molecular flexibility index (Phi) is 3.65. The second-order valence-corrected chi connectivity index (χ2v) is 3.21. The Morgan fingerprint density at radius 2 is 1.93 bits per heavy atom. The van der Waals surface area contributed by atoms with Gasteiger partial charge in [0, 0.05) is 0 Å². The summed E-state index contributed by atoms with van der Waals surface area (Å²) >= 11 is 0. The Morgan fingerprint density at radius 1 is 1.36 bits per heavy atom. The van der Waals surface area contributed by atoms with Crippen molar-refractivity contribution >= 4 is 5.97 Å². The number of carboxylic acid groups (broad SMARTS) is 1. The first kappa shape index (κ1) is 10.7. The molecule has 0 aliphatic carbocycles. The summed E-state index contributed by atoms with van der Waals surface area (Å²) in [7, 11) is 0. The second kappa shape index (κ2) is 4.77. The minimum Gasteiger partial charge on any atom is -0.481 e. The molecule has 0 spiro atoms. The highest BCUT2D eigenvalue weighted by Gasteiger charge is 2.11. The van der Waals surface area contributed by atoms with Gasteiger partial charge in [0.25, 0.3) is 0 Å². The van der Waals surface area contributed by atoms with Crippen molar-refractivity contribution in [1.29, 1.82) is 0 Å². The normalized spacial score (nSPS) is 12.4. The highest BCUT2D eigenvalue weighted by atomic mass is 16.4. The fourth-order valence-electron chi connectivity index (χ4n) is 1.26. The van der Waals surface area contributed by atoms with Gasteiger partial charge in [-0.25, -0.2) is 0 Å². The van der Waals surface area contributed by atoms with Gasteiger partial charge in [-0.1, -0.05) is 31.2 Å². The Labute approximate surface area is 83.0 Å². The summed E-state index contributed by atoms with van der Waals surface area (Å²) in [5.41, 5.74) is 1.83. The first-order valence-electron chi connectivity index (χ1n) is 4.62. The molecular formula is C11H14O3. The molecule has 0 fully saturated rings. The lowest BCUT2D eigenvalue weighted by Crippen LogP contribution is -2.05. The van der Waals surface area contributed by atoms with E-state index >= 15 is 0 Å². The lowest BCUT2D eigenvalue weighted by Gasteiger charge is -2.08. The van der Waals surface area contributed by atoms with Gasteiger partial charge in [-0.3, -0.25) is 4.79 Å². The molecule has 3 heteroatoms. The number of hydrogen-bond acceptors (Lipinski definition) is 2. The highest BCUT2D eigenvalue weighted by molar-refractivity contribution is 5.67. The van der Waals surface area contributed by atoms with E-state index in [0.29, 0.717) is 5.56 Å². The highest BCUT2D eigenvalue weighted by Crippen LogP contribution is 2.17. The van der Waals surface area contributed by atoms with Gasteiger partial charge in [-0.2, -0.15) is 0 Å². The minimum absolute atomic E-state index is 0.245. The average Bonchev–Trinajstić information content (AvgIpc) is 2.17. The van der Waals surface area contributed by atoms with Crippen LogP contribution in [-0.4, -0.2) is 16.2 Å². The van der Waals surface area contributed by atoms with Crippen molar-refractivity contribution in [3.05, 3.63) is 35.4 Å². The Balaban J connectivity index is 2.71. The predicted molar refractivity (Wildman–Crippen MR) is 53.0 cm³/mol. The molecule has 1 atom stereocenters. The van der Waals surface area contributed by atoms with E-state index in [4.69, 9.17) is 5.11 Å². The van der Waals surface area contributed by atoms with E-state index in [1.807, 2.05) is 19.1 Å². The second-order valence-electron chi connectivity index (χ2n) is 3.21. The topological polar surface area (TPSA) is 57.5 Å². The number of carboxylic acids is 1. The largest absolute Gasteiger partial charge is 0.481 e. The van der Waals surface area contributed by atoms with Crippen LogP contribution in [0.2, 0.25) is 0 Å². The summed E-state index contributed by atoms with van der Waals surface area (Å²) in [4.78, 5) is 10.3. The Hall–Kier alpha value is -1.35. The maximum atomic E-state index is 10.3. The van der Waals surface area contributed by atoms with E-state index in [0.717, 1.165) is 6.42 Å². The molecule has 14 heavy (non-hydrogen) atoms. The van der Waals surface area contributed by atoms with Crippen LogP contribution in [-0.2, 0) is 11.2 Å². The van der Waals surface area contributed by atoms with Crippen molar-refractivity contribution in [2.75, 3.05) is 0 Å². The summed E-state index contributed by atoms with van der Waals surface area (Å²) in [6.45, 7) is 2.04. The monoisotopic (exact) mass is 194 g/mol. The molecule has 0 radical (unpaired) electrons. The first-order chi connectivity index (χ1) is 6.63. The summed E-state index contributed by atoms with van der Waals surface area (Å²) in [6, 6.07) is 7.35. The lowest BCUT2D eigenvalue weighted by atomic mass is 10.0. The van der Waals surface area contributed by atoms with Gasteiger partial charge in [-0.15, -0.1) is 0 Å². The van der Waals surface area contributed by atoms with Crippen LogP contribution in [0.15, 0.2) is 24.3 Å². The van der Waals surface area contributed by atoms with Crippen molar-refractivity contribution in [1.82, 2.24) is 0 Å². The molecule has 3 nitrogen and oxygen atoms in total. The van der Waals surface area contributed by atoms with Crippen molar-refractivity contribution < 1.29 is 15.0 Å². The number of rotatable bonds is 4. The molecule has 0 aromatic heterocycles. The van der Waals surface area contributed by atoms with Crippen molar-refractivity contribution in [2.45, 2.75) is 25.9 Å².